The standard InChI is InChI=1S/C29H30N2O7S/c1-7-9-18-12-17(13-22(37-6)26(18)32)14-23-27(33)31-25(20-11-10-19(35-4)15-21(20)36-5)24(28(34)38-8-2)16(3)30-29(31)39-23/h7,10-15,25,32H,1,8-9H2,2-6H3/t25-/m0/s1. The first-order chi connectivity index (χ1) is 18.8. The number of thiazole rings is 1. The first-order valence-corrected chi connectivity index (χ1v) is 13.0. The van der Waals surface area contributed by atoms with Crippen LogP contribution in [-0.2, 0) is 16.0 Å². The lowest BCUT2D eigenvalue weighted by Gasteiger charge is -2.26. The molecule has 3 aromatic rings. The third kappa shape index (κ3) is 5.20. The number of aromatic hydroxyl groups is 1. The molecule has 0 fully saturated rings. The Morgan fingerprint density at radius 2 is 1.90 bits per heavy atom. The topological polar surface area (TPSA) is 109 Å². The maximum Gasteiger partial charge on any atom is 0.338 e. The summed E-state index contributed by atoms with van der Waals surface area (Å²) in [6.45, 7) is 7.35. The van der Waals surface area contributed by atoms with E-state index in [-0.39, 0.29) is 29.2 Å². The van der Waals surface area contributed by atoms with Crippen molar-refractivity contribution >= 4 is 23.4 Å². The number of hydrogen-bond acceptors (Lipinski definition) is 9. The van der Waals surface area contributed by atoms with Gasteiger partial charge in [0.1, 0.15) is 17.5 Å². The summed E-state index contributed by atoms with van der Waals surface area (Å²) in [4.78, 5) is 32.1. The summed E-state index contributed by atoms with van der Waals surface area (Å²) < 4.78 is 23.6. The van der Waals surface area contributed by atoms with Crippen molar-refractivity contribution in [2.24, 2.45) is 4.99 Å². The molecule has 204 valence electrons. The number of allylic oxidation sites excluding steroid dienone is 2. The van der Waals surface area contributed by atoms with Crippen molar-refractivity contribution in [2.75, 3.05) is 27.9 Å². The van der Waals surface area contributed by atoms with Crippen LogP contribution in [0.25, 0.3) is 6.08 Å². The van der Waals surface area contributed by atoms with Gasteiger partial charge in [0.2, 0.25) is 0 Å². The van der Waals surface area contributed by atoms with Crippen LogP contribution >= 0.6 is 11.3 Å². The number of esters is 1. The summed E-state index contributed by atoms with van der Waals surface area (Å²) in [6, 6.07) is 7.80. The van der Waals surface area contributed by atoms with Crippen LogP contribution in [0.3, 0.4) is 0 Å². The van der Waals surface area contributed by atoms with Crippen LogP contribution in [-0.4, -0.2) is 43.6 Å². The van der Waals surface area contributed by atoms with Gasteiger partial charge < -0.3 is 24.1 Å². The zero-order valence-electron chi connectivity index (χ0n) is 22.4. The maximum absolute atomic E-state index is 13.9. The van der Waals surface area contributed by atoms with Crippen LogP contribution < -0.4 is 29.1 Å². The van der Waals surface area contributed by atoms with E-state index < -0.39 is 12.0 Å². The van der Waals surface area contributed by atoms with Crippen LogP contribution in [0.5, 0.6) is 23.0 Å². The van der Waals surface area contributed by atoms with Gasteiger partial charge in [-0.3, -0.25) is 9.36 Å². The number of methoxy groups -OCH3 is 3. The molecule has 0 saturated carbocycles. The Morgan fingerprint density at radius 3 is 2.54 bits per heavy atom. The highest BCUT2D eigenvalue weighted by atomic mass is 32.1. The number of ether oxygens (including phenoxy) is 4. The van der Waals surface area contributed by atoms with E-state index >= 15 is 0 Å². The van der Waals surface area contributed by atoms with Crippen molar-refractivity contribution < 1.29 is 28.8 Å². The van der Waals surface area contributed by atoms with E-state index in [2.05, 4.69) is 11.6 Å². The second kappa shape index (κ2) is 11.6. The summed E-state index contributed by atoms with van der Waals surface area (Å²) in [5.74, 6) is 0.765. The molecule has 39 heavy (non-hydrogen) atoms. The zero-order chi connectivity index (χ0) is 28.3. The lowest BCUT2D eigenvalue weighted by Crippen LogP contribution is -2.40. The van der Waals surface area contributed by atoms with Crippen LogP contribution in [0.2, 0.25) is 0 Å². The van der Waals surface area contributed by atoms with Crippen molar-refractivity contribution in [1.29, 1.82) is 0 Å². The molecule has 0 unspecified atom stereocenters. The van der Waals surface area contributed by atoms with E-state index in [0.29, 0.717) is 49.6 Å². The fourth-order valence-electron chi connectivity index (χ4n) is 4.52. The smallest absolute Gasteiger partial charge is 0.338 e. The fourth-order valence-corrected chi connectivity index (χ4v) is 5.57. The SMILES string of the molecule is C=CCc1cc(C=c2sc3n(c2=O)[C@@H](c2ccc(OC)cc2OC)C(C(=O)OCC)=C(C)N=3)cc(OC)c1O. The van der Waals surface area contributed by atoms with Crippen molar-refractivity contribution in [3.05, 3.63) is 90.6 Å². The highest BCUT2D eigenvalue weighted by Crippen LogP contribution is 2.38. The fraction of sp³-hybridized carbons (Fsp3) is 0.276. The predicted molar refractivity (Wildman–Crippen MR) is 149 cm³/mol. The van der Waals surface area contributed by atoms with E-state index in [4.69, 9.17) is 18.9 Å². The van der Waals surface area contributed by atoms with E-state index in [1.165, 1.54) is 30.1 Å². The largest absolute Gasteiger partial charge is 0.504 e. The minimum atomic E-state index is -0.839. The Morgan fingerprint density at radius 1 is 1.15 bits per heavy atom. The Hall–Kier alpha value is -4.31. The van der Waals surface area contributed by atoms with Gasteiger partial charge in [-0.15, -0.1) is 6.58 Å². The molecule has 2 aromatic carbocycles. The minimum Gasteiger partial charge on any atom is -0.504 e. The molecular formula is C29H30N2O7S. The predicted octanol–water partition coefficient (Wildman–Crippen LogP) is 3.26. The molecule has 0 radical (unpaired) electrons. The van der Waals surface area contributed by atoms with Gasteiger partial charge in [-0.1, -0.05) is 17.4 Å². The lowest BCUT2D eigenvalue weighted by atomic mass is 9.95. The molecular weight excluding hydrogens is 520 g/mol. The molecule has 1 atom stereocenters. The summed E-state index contributed by atoms with van der Waals surface area (Å²) in [7, 11) is 4.53. The summed E-state index contributed by atoms with van der Waals surface area (Å²) in [6.07, 6.45) is 3.81. The van der Waals surface area contributed by atoms with Gasteiger partial charge in [0, 0.05) is 17.2 Å². The molecule has 2 heterocycles. The third-order valence-electron chi connectivity index (χ3n) is 6.31. The number of hydrogen-bond donors (Lipinski definition) is 1. The van der Waals surface area contributed by atoms with Gasteiger partial charge in [-0.2, -0.15) is 0 Å². The molecule has 0 saturated heterocycles. The number of fused-ring (bicyclic) bond motifs is 1. The second-order valence-electron chi connectivity index (χ2n) is 8.63. The highest BCUT2D eigenvalue weighted by molar-refractivity contribution is 7.07. The molecule has 0 spiro atoms. The van der Waals surface area contributed by atoms with Gasteiger partial charge >= 0.3 is 5.97 Å². The molecule has 1 aliphatic rings. The Kier molecular flexibility index (Phi) is 8.25. The quantitative estimate of drug-likeness (QED) is 0.322. The van der Waals surface area contributed by atoms with Gasteiger partial charge in [0.15, 0.2) is 16.3 Å². The number of phenolic OH excluding ortho intramolecular Hbond substituents is 1. The highest BCUT2D eigenvalue weighted by Gasteiger charge is 2.35. The van der Waals surface area contributed by atoms with Crippen molar-refractivity contribution in [1.82, 2.24) is 4.57 Å². The lowest BCUT2D eigenvalue weighted by molar-refractivity contribution is -0.139. The third-order valence-corrected chi connectivity index (χ3v) is 7.29. The number of nitrogens with zero attached hydrogens (tertiary/aromatic N) is 2. The summed E-state index contributed by atoms with van der Waals surface area (Å²) >= 11 is 1.20. The molecule has 1 N–H and O–H groups in total. The number of carbonyl (C=O) groups excluding carboxylic acids is 1. The minimum absolute atomic E-state index is 0.0253. The van der Waals surface area contributed by atoms with Crippen molar-refractivity contribution in [3.8, 4) is 23.0 Å². The average Bonchev–Trinajstić information content (AvgIpc) is 3.23. The van der Waals surface area contributed by atoms with Gasteiger partial charge in [-0.05, 0) is 56.2 Å². The second-order valence-corrected chi connectivity index (χ2v) is 9.64. The average molecular weight is 551 g/mol. The van der Waals surface area contributed by atoms with E-state index in [1.807, 2.05) is 0 Å². The molecule has 1 aromatic heterocycles. The molecule has 4 rings (SSSR count). The van der Waals surface area contributed by atoms with Gasteiger partial charge in [0.05, 0.1) is 43.7 Å². The number of benzene rings is 2. The molecule has 10 heteroatoms. The van der Waals surface area contributed by atoms with Crippen LogP contribution in [0, 0.1) is 0 Å². The molecule has 0 aliphatic carbocycles. The molecule has 0 bridgehead atoms. The van der Waals surface area contributed by atoms with Crippen LogP contribution in [0.4, 0.5) is 0 Å². The first-order valence-electron chi connectivity index (χ1n) is 12.2. The normalized spacial score (nSPS) is 14.9. The maximum atomic E-state index is 13.9. The van der Waals surface area contributed by atoms with E-state index in [0.717, 1.165) is 0 Å². The molecule has 1 aliphatic heterocycles. The zero-order valence-corrected chi connectivity index (χ0v) is 23.3. The van der Waals surface area contributed by atoms with Gasteiger partial charge in [-0.25, -0.2) is 9.79 Å². The first kappa shape index (κ1) is 27.7. The number of carbonyl (C=O) groups is 1. The van der Waals surface area contributed by atoms with Crippen molar-refractivity contribution in [2.45, 2.75) is 26.3 Å². The van der Waals surface area contributed by atoms with E-state index in [1.54, 1.807) is 63.4 Å². The van der Waals surface area contributed by atoms with Crippen molar-refractivity contribution in [3.63, 3.8) is 0 Å². The van der Waals surface area contributed by atoms with E-state index in [9.17, 15) is 14.7 Å². The number of rotatable bonds is 9. The Balaban J connectivity index is 1.99. The van der Waals surface area contributed by atoms with Crippen LogP contribution in [0.1, 0.15) is 36.6 Å². The monoisotopic (exact) mass is 550 g/mol. The summed E-state index contributed by atoms with van der Waals surface area (Å²) in [5, 5.41) is 10.5. The molecule has 0 amide bonds. The summed E-state index contributed by atoms with van der Waals surface area (Å²) in [5.41, 5.74) is 2.22. The molecule has 9 nitrogen and oxygen atoms in total. The number of phenols is 1. The van der Waals surface area contributed by atoms with Crippen LogP contribution in [0.15, 0.2) is 64.0 Å². The Bertz CT molecular complexity index is 1650. The number of aromatic nitrogens is 1. The van der Waals surface area contributed by atoms with Gasteiger partial charge in [0.25, 0.3) is 5.56 Å². The Labute approximate surface area is 229 Å².